The summed E-state index contributed by atoms with van der Waals surface area (Å²) in [5.74, 6) is -0.168. The molecule has 0 spiro atoms. The number of nitrogens with zero attached hydrogens (tertiary/aromatic N) is 3. The molecule has 0 bridgehead atoms. The van der Waals surface area contributed by atoms with Crippen LogP contribution in [-0.2, 0) is 6.42 Å². The van der Waals surface area contributed by atoms with E-state index in [1.807, 2.05) is 25.1 Å². The van der Waals surface area contributed by atoms with Crippen molar-refractivity contribution in [1.82, 2.24) is 19.9 Å². The standard InChI is InChI=1S/C21H21N5O2S/c1-3-11-22-18(27)14-9-10-15-17(12-14)24-21-26(19(15)28)25-20(29-21)23-16-8-6-5-7-13(16)4-2/h5-10,12H,3-4,11H2,1-2H3,(H,22,27)(H,23,25). The quantitative estimate of drug-likeness (QED) is 0.508. The Kier molecular flexibility index (Phi) is 5.26. The van der Waals surface area contributed by atoms with Gasteiger partial charge in [-0.25, -0.2) is 4.98 Å². The van der Waals surface area contributed by atoms with Crippen molar-refractivity contribution in [3.05, 3.63) is 63.9 Å². The van der Waals surface area contributed by atoms with Gasteiger partial charge in [-0.3, -0.25) is 9.59 Å². The molecular formula is C21H21N5O2S. The smallest absolute Gasteiger partial charge is 0.283 e. The van der Waals surface area contributed by atoms with Gasteiger partial charge in [0.1, 0.15) is 0 Å². The summed E-state index contributed by atoms with van der Waals surface area (Å²) < 4.78 is 1.31. The Morgan fingerprint density at radius 3 is 2.79 bits per heavy atom. The third-order valence-corrected chi connectivity index (χ3v) is 5.46. The summed E-state index contributed by atoms with van der Waals surface area (Å²) in [4.78, 5) is 30.1. The second kappa shape index (κ2) is 8.00. The number of carbonyl (C=O) groups is 1. The van der Waals surface area contributed by atoms with Gasteiger partial charge in [-0.2, -0.15) is 4.52 Å². The molecule has 0 saturated carbocycles. The van der Waals surface area contributed by atoms with Crippen LogP contribution in [0.4, 0.5) is 10.8 Å². The molecule has 0 atom stereocenters. The first-order chi connectivity index (χ1) is 14.1. The monoisotopic (exact) mass is 407 g/mol. The predicted molar refractivity (Wildman–Crippen MR) is 116 cm³/mol. The lowest BCUT2D eigenvalue weighted by Crippen LogP contribution is -2.24. The van der Waals surface area contributed by atoms with Crippen molar-refractivity contribution in [3.63, 3.8) is 0 Å². The molecule has 2 N–H and O–H groups in total. The maximum atomic E-state index is 12.9. The summed E-state index contributed by atoms with van der Waals surface area (Å²) in [5.41, 5.74) is 2.85. The molecule has 8 heteroatoms. The minimum absolute atomic E-state index is 0.168. The molecule has 4 aromatic rings. The van der Waals surface area contributed by atoms with Crippen LogP contribution in [0.3, 0.4) is 0 Å². The molecule has 0 aliphatic rings. The largest absolute Gasteiger partial charge is 0.352 e. The van der Waals surface area contributed by atoms with Gasteiger partial charge < -0.3 is 10.6 Å². The number of para-hydroxylation sites is 1. The van der Waals surface area contributed by atoms with Crippen LogP contribution in [0.25, 0.3) is 15.9 Å². The lowest BCUT2D eigenvalue weighted by atomic mass is 10.1. The van der Waals surface area contributed by atoms with Crippen molar-refractivity contribution in [3.8, 4) is 0 Å². The average molecular weight is 407 g/mol. The van der Waals surface area contributed by atoms with Crippen LogP contribution in [0.2, 0.25) is 0 Å². The predicted octanol–water partition coefficient (Wildman–Crippen LogP) is 3.75. The summed E-state index contributed by atoms with van der Waals surface area (Å²) in [6.07, 6.45) is 1.75. The van der Waals surface area contributed by atoms with Gasteiger partial charge in [0, 0.05) is 17.8 Å². The molecule has 1 amide bonds. The van der Waals surface area contributed by atoms with E-state index in [0.29, 0.717) is 33.1 Å². The lowest BCUT2D eigenvalue weighted by Gasteiger charge is -2.06. The van der Waals surface area contributed by atoms with E-state index in [-0.39, 0.29) is 11.5 Å². The van der Waals surface area contributed by atoms with Crippen molar-refractivity contribution in [1.29, 1.82) is 0 Å². The van der Waals surface area contributed by atoms with Crippen LogP contribution in [0.1, 0.15) is 36.2 Å². The molecule has 0 saturated heterocycles. The van der Waals surface area contributed by atoms with Crippen LogP contribution in [0.5, 0.6) is 0 Å². The van der Waals surface area contributed by atoms with Crippen LogP contribution in [0, 0.1) is 0 Å². The molecule has 148 valence electrons. The van der Waals surface area contributed by atoms with E-state index in [2.05, 4.69) is 33.7 Å². The van der Waals surface area contributed by atoms with Crippen molar-refractivity contribution < 1.29 is 4.79 Å². The van der Waals surface area contributed by atoms with Gasteiger partial charge in [0.25, 0.3) is 11.5 Å². The molecule has 0 aliphatic carbocycles. The number of amides is 1. The van der Waals surface area contributed by atoms with E-state index < -0.39 is 0 Å². The van der Waals surface area contributed by atoms with Crippen LogP contribution in [-0.4, -0.2) is 27.0 Å². The van der Waals surface area contributed by atoms with Gasteiger partial charge in [-0.1, -0.05) is 43.4 Å². The maximum absolute atomic E-state index is 12.9. The van der Waals surface area contributed by atoms with Crippen LogP contribution in [0.15, 0.2) is 47.3 Å². The Morgan fingerprint density at radius 1 is 1.17 bits per heavy atom. The lowest BCUT2D eigenvalue weighted by molar-refractivity contribution is 0.0954. The third-order valence-electron chi connectivity index (χ3n) is 4.63. The number of fused-ring (bicyclic) bond motifs is 2. The Balaban J connectivity index is 1.74. The fourth-order valence-corrected chi connectivity index (χ4v) is 3.92. The number of hydrogen-bond acceptors (Lipinski definition) is 6. The highest BCUT2D eigenvalue weighted by atomic mass is 32.1. The summed E-state index contributed by atoms with van der Waals surface area (Å²) in [6.45, 7) is 4.69. The second-order valence-electron chi connectivity index (χ2n) is 6.64. The molecule has 0 aliphatic heterocycles. The summed E-state index contributed by atoms with van der Waals surface area (Å²) in [6, 6.07) is 12.9. The third kappa shape index (κ3) is 3.71. The Hall–Kier alpha value is -3.26. The van der Waals surface area contributed by atoms with Gasteiger partial charge in [-0.15, -0.1) is 5.10 Å². The molecule has 0 unspecified atom stereocenters. The number of aromatic nitrogens is 3. The Morgan fingerprint density at radius 2 is 2.00 bits per heavy atom. The highest BCUT2D eigenvalue weighted by Gasteiger charge is 2.14. The van der Waals surface area contributed by atoms with Crippen molar-refractivity contribution >= 4 is 43.9 Å². The van der Waals surface area contributed by atoms with E-state index in [4.69, 9.17) is 0 Å². The number of hydrogen-bond donors (Lipinski definition) is 2. The zero-order valence-corrected chi connectivity index (χ0v) is 17.0. The van der Waals surface area contributed by atoms with E-state index >= 15 is 0 Å². The maximum Gasteiger partial charge on any atom is 0.283 e. The highest BCUT2D eigenvalue weighted by Crippen LogP contribution is 2.25. The normalized spacial score (nSPS) is 11.1. The molecule has 4 rings (SSSR count). The molecule has 2 aromatic carbocycles. The first-order valence-electron chi connectivity index (χ1n) is 9.57. The molecule has 29 heavy (non-hydrogen) atoms. The molecule has 2 aromatic heterocycles. The first-order valence-corrected chi connectivity index (χ1v) is 10.4. The van der Waals surface area contributed by atoms with Crippen molar-refractivity contribution in [2.45, 2.75) is 26.7 Å². The number of aryl methyl sites for hydroxylation is 1. The summed E-state index contributed by atoms with van der Waals surface area (Å²) in [7, 11) is 0. The molecular weight excluding hydrogens is 386 g/mol. The molecule has 0 radical (unpaired) electrons. The average Bonchev–Trinajstić information content (AvgIpc) is 3.14. The van der Waals surface area contributed by atoms with Gasteiger partial charge in [0.15, 0.2) is 0 Å². The van der Waals surface area contributed by atoms with Gasteiger partial charge in [0.2, 0.25) is 10.1 Å². The SMILES string of the molecule is CCCNC(=O)c1ccc2c(=O)n3nc(Nc4ccccc4CC)sc3nc2c1. The van der Waals surface area contributed by atoms with Gasteiger partial charge >= 0.3 is 0 Å². The molecule has 2 heterocycles. The molecule has 0 fully saturated rings. The summed E-state index contributed by atoms with van der Waals surface area (Å²) >= 11 is 1.30. The zero-order chi connectivity index (χ0) is 20.4. The highest BCUT2D eigenvalue weighted by molar-refractivity contribution is 7.20. The number of carbonyl (C=O) groups excluding carboxylic acids is 1. The zero-order valence-electron chi connectivity index (χ0n) is 16.2. The fourth-order valence-electron chi connectivity index (χ4n) is 3.11. The molecule has 7 nitrogen and oxygen atoms in total. The van der Waals surface area contributed by atoms with Gasteiger partial charge in [0.05, 0.1) is 10.9 Å². The van der Waals surface area contributed by atoms with Crippen molar-refractivity contribution in [2.75, 3.05) is 11.9 Å². The van der Waals surface area contributed by atoms with E-state index in [0.717, 1.165) is 18.5 Å². The fraction of sp³-hybridized carbons (Fsp3) is 0.238. The summed E-state index contributed by atoms with van der Waals surface area (Å²) in [5, 5.41) is 11.5. The number of rotatable bonds is 6. The second-order valence-corrected chi connectivity index (χ2v) is 7.60. The van der Waals surface area contributed by atoms with E-state index in [1.165, 1.54) is 21.4 Å². The van der Waals surface area contributed by atoms with Crippen molar-refractivity contribution in [2.24, 2.45) is 0 Å². The van der Waals surface area contributed by atoms with E-state index in [1.54, 1.807) is 18.2 Å². The van der Waals surface area contributed by atoms with Gasteiger partial charge in [-0.05, 0) is 42.7 Å². The Labute approximate surface area is 171 Å². The topological polar surface area (TPSA) is 88.4 Å². The Bertz CT molecular complexity index is 1260. The minimum atomic E-state index is -0.251. The number of anilines is 2. The minimum Gasteiger partial charge on any atom is -0.352 e. The first kappa shape index (κ1) is 19.1. The van der Waals surface area contributed by atoms with E-state index in [9.17, 15) is 9.59 Å². The van der Waals surface area contributed by atoms with Crippen LogP contribution >= 0.6 is 11.3 Å². The number of nitrogens with one attached hydrogen (secondary N) is 2. The number of benzene rings is 2. The van der Waals surface area contributed by atoms with Crippen LogP contribution < -0.4 is 16.2 Å².